The molecule has 2 aromatic heterocycles. The summed E-state index contributed by atoms with van der Waals surface area (Å²) in [5.41, 5.74) is 3.41. The molecule has 0 N–H and O–H groups in total. The van der Waals surface area contributed by atoms with Gasteiger partial charge in [0, 0.05) is 24.3 Å². The molecule has 1 fully saturated rings. The van der Waals surface area contributed by atoms with E-state index in [1.165, 1.54) is 5.69 Å². The quantitative estimate of drug-likeness (QED) is 0.672. The Morgan fingerprint density at radius 1 is 1.19 bits per heavy atom. The van der Waals surface area contributed by atoms with Crippen molar-refractivity contribution >= 4 is 5.91 Å². The topological polar surface area (TPSA) is 51.3 Å². The van der Waals surface area contributed by atoms with E-state index in [1.54, 1.807) is 18.4 Å². The number of carbonyl (C=O) groups excluding carboxylic acids is 1. The summed E-state index contributed by atoms with van der Waals surface area (Å²) in [6.07, 6.45) is 5.52. The van der Waals surface area contributed by atoms with Crippen LogP contribution in [-0.4, -0.2) is 33.4 Å². The number of likely N-dealkylation sites (tertiary alicyclic amines) is 1. The van der Waals surface area contributed by atoms with Crippen molar-refractivity contribution in [2.75, 3.05) is 13.1 Å². The monoisotopic (exact) mass is 363 g/mol. The minimum atomic E-state index is -0.0285. The van der Waals surface area contributed by atoms with E-state index in [1.807, 2.05) is 29.4 Å². The lowest BCUT2D eigenvalue weighted by Crippen LogP contribution is -2.40. The molecule has 3 heterocycles. The van der Waals surface area contributed by atoms with Crippen molar-refractivity contribution in [1.82, 2.24) is 14.5 Å². The number of piperidine rings is 1. The fourth-order valence-electron chi connectivity index (χ4n) is 3.97. The molecule has 1 aromatic carbocycles. The first kappa shape index (κ1) is 17.6. The van der Waals surface area contributed by atoms with Crippen molar-refractivity contribution in [2.45, 2.75) is 38.6 Å². The Hall–Kier alpha value is -2.82. The molecular weight excluding hydrogens is 338 g/mol. The van der Waals surface area contributed by atoms with Crippen molar-refractivity contribution < 1.29 is 9.21 Å². The van der Waals surface area contributed by atoms with E-state index in [9.17, 15) is 4.79 Å². The van der Waals surface area contributed by atoms with Gasteiger partial charge in [-0.2, -0.15) is 0 Å². The molecule has 0 saturated carbocycles. The van der Waals surface area contributed by atoms with Gasteiger partial charge in [0.1, 0.15) is 0 Å². The molecule has 3 aromatic rings. The van der Waals surface area contributed by atoms with Gasteiger partial charge in [-0.15, -0.1) is 0 Å². The number of nitrogens with zero attached hydrogens (tertiary/aromatic N) is 3. The third kappa shape index (κ3) is 3.42. The highest BCUT2D eigenvalue weighted by Gasteiger charge is 2.29. The first-order valence-electron chi connectivity index (χ1n) is 9.60. The average molecular weight is 363 g/mol. The van der Waals surface area contributed by atoms with E-state index in [-0.39, 0.29) is 11.9 Å². The Labute approximate surface area is 159 Å². The Bertz CT molecular complexity index is 897. The van der Waals surface area contributed by atoms with Crippen LogP contribution in [0.1, 0.15) is 54.9 Å². The van der Waals surface area contributed by atoms with Crippen LogP contribution in [0.2, 0.25) is 0 Å². The Balaban J connectivity index is 1.63. The molecule has 1 amide bonds. The van der Waals surface area contributed by atoms with Crippen LogP contribution in [0.5, 0.6) is 0 Å². The van der Waals surface area contributed by atoms with Crippen molar-refractivity contribution in [3.8, 4) is 11.3 Å². The van der Waals surface area contributed by atoms with Gasteiger partial charge >= 0.3 is 0 Å². The highest BCUT2D eigenvalue weighted by atomic mass is 16.3. The molecule has 5 heteroatoms. The molecule has 1 aliphatic heterocycles. The molecule has 0 spiro atoms. The number of imidazole rings is 1. The maximum absolute atomic E-state index is 12.7. The van der Waals surface area contributed by atoms with E-state index in [4.69, 9.17) is 9.40 Å². The highest BCUT2D eigenvalue weighted by Crippen LogP contribution is 2.33. The van der Waals surface area contributed by atoms with Crippen LogP contribution in [0.25, 0.3) is 11.3 Å². The van der Waals surface area contributed by atoms with Crippen molar-refractivity contribution in [2.24, 2.45) is 0 Å². The van der Waals surface area contributed by atoms with Crippen LogP contribution < -0.4 is 0 Å². The van der Waals surface area contributed by atoms with Gasteiger partial charge < -0.3 is 13.9 Å². The van der Waals surface area contributed by atoms with Crippen molar-refractivity contribution in [3.63, 3.8) is 0 Å². The Morgan fingerprint density at radius 3 is 2.70 bits per heavy atom. The van der Waals surface area contributed by atoms with Gasteiger partial charge in [0.2, 0.25) is 0 Å². The van der Waals surface area contributed by atoms with Crippen LogP contribution in [0.4, 0.5) is 0 Å². The second kappa shape index (κ2) is 7.43. The van der Waals surface area contributed by atoms with E-state index < -0.39 is 0 Å². The normalized spacial score (nSPS) is 17.4. The zero-order valence-electron chi connectivity index (χ0n) is 15.8. The van der Waals surface area contributed by atoms with Crippen LogP contribution in [-0.2, 0) is 0 Å². The van der Waals surface area contributed by atoms with E-state index in [0.29, 0.717) is 18.2 Å². The minimum Gasteiger partial charge on any atom is -0.459 e. The number of rotatable bonds is 4. The molecule has 0 bridgehead atoms. The zero-order valence-corrected chi connectivity index (χ0v) is 15.8. The number of benzene rings is 1. The first-order valence-corrected chi connectivity index (χ1v) is 9.60. The van der Waals surface area contributed by atoms with Crippen LogP contribution in [0.15, 0.2) is 59.5 Å². The predicted octanol–water partition coefficient (Wildman–Crippen LogP) is 4.74. The maximum atomic E-state index is 12.7. The summed E-state index contributed by atoms with van der Waals surface area (Å²) < 4.78 is 7.59. The van der Waals surface area contributed by atoms with Crippen LogP contribution >= 0.6 is 0 Å². The largest absolute Gasteiger partial charge is 0.459 e. The third-order valence-electron chi connectivity index (χ3n) is 5.24. The molecule has 0 unspecified atom stereocenters. The lowest BCUT2D eigenvalue weighted by atomic mass is 10.00. The lowest BCUT2D eigenvalue weighted by Gasteiger charge is -2.34. The summed E-state index contributed by atoms with van der Waals surface area (Å²) in [7, 11) is 0. The van der Waals surface area contributed by atoms with E-state index in [2.05, 4.69) is 30.5 Å². The summed E-state index contributed by atoms with van der Waals surface area (Å²) in [6.45, 7) is 5.86. The maximum Gasteiger partial charge on any atom is 0.289 e. The fraction of sp³-hybridized carbons (Fsp3) is 0.364. The van der Waals surface area contributed by atoms with E-state index >= 15 is 0 Å². The number of amides is 1. The molecule has 5 nitrogen and oxygen atoms in total. The standard InChI is InChI=1S/C22H25N3O2/c1-16(2)21-20(17-8-4-3-5-9-17)23-15-25(21)18-10-6-12-24(14-18)22(26)19-11-7-13-27-19/h3-5,7-9,11,13,15-16,18H,6,10,12,14H2,1-2H3/t18-/m0/s1. The minimum absolute atomic E-state index is 0.0285. The van der Waals surface area contributed by atoms with Gasteiger partial charge in [-0.3, -0.25) is 4.79 Å². The SMILES string of the molecule is CC(C)c1c(-c2ccccc2)ncn1[C@H]1CCCN(C(=O)c2ccco2)C1. The molecular formula is C22H25N3O2. The Kier molecular flexibility index (Phi) is 4.84. The van der Waals surface area contributed by atoms with Gasteiger partial charge in [-0.1, -0.05) is 44.2 Å². The van der Waals surface area contributed by atoms with Crippen molar-refractivity contribution in [3.05, 3.63) is 66.5 Å². The zero-order chi connectivity index (χ0) is 18.8. The molecule has 4 rings (SSSR count). The third-order valence-corrected chi connectivity index (χ3v) is 5.24. The molecule has 0 aliphatic carbocycles. The second-order valence-corrected chi connectivity index (χ2v) is 7.43. The summed E-state index contributed by atoms with van der Waals surface area (Å²) in [6, 6.07) is 14.0. The van der Waals surface area contributed by atoms with Gasteiger partial charge in [0.15, 0.2) is 5.76 Å². The van der Waals surface area contributed by atoms with E-state index in [0.717, 1.165) is 30.6 Å². The number of aromatic nitrogens is 2. The first-order chi connectivity index (χ1) is 13.1. The van der Waals surface area contributed by atoms with Crippen LogP contribution in [0, 0.1) is 0 Å². The summed E-state index contributed by atoms with van der Waals surface area (Å²) in [4.78, 5) is 19.3. The van der Waals surface area contributed by atoms with Gasteiger partial charge in [-0.05, 0) is 30.9 Å². The van der Waals surface area contributed by atoms with Crippen molar-refractivity contribution in [1.29, 1.82) is 0 Å². The predicted molar refractivity (Wildman–Crippen MR) is 105 cm³/mol. The lowest BCUT2D eigenvalue weighted by molar-refractivity contribution is 0.0646. The summed E-state index contributed by atoms with van der Waals surface area (Å²) in [5.74, 6) is 0.730. The van der Waals surface area contributed by atoms with Gasteiger partial charge in [0.05, 0.1) is 24.3 Å². The summed E-state index contributed by atoms with van der Waals surface area (Å²) in [5, 5.41) is 0. The average Bonchev–Trinajstić information content (AvgIpc) is 3.38. The molecule has 1 atom stereocenters. The fourth-order valence-corrected chi connectivity index (χ4v) is 3.97. The second-order valence-electron chi connectivity index (χ2n) is 7.43. The van der Waals surface area contributed by atoms with Gasteiger partial charge in [0.25, 0.3) is 5.91 Å². The molecule has 140 valence electrons. The number of furan rings is 1. The molecule has 27 heavy (non-hydrogen) atoms. The molecule has 1 saturated heterocycles. The molecule has 1 aliphatic rings. The number of carbonyl (C=O) groups is 1. The number of hydrogen-bond donors (Lipinski definition) is 0. The Morgan fingerprint density at radius 2 is 2.00 bits per heavy atom. The van der Waals surface area contributed by atoms with Crippen LogP contribution in [0.3, 0.4) is 0 Å². The molecule has 0 radical (unpaired) electrons. The smallest absolute Gasteiger partial charge is 0.289 e. The number of hydrogen-bond acceptors (Lipinski definition) is 3. The summed E-state index contributed by atoms with van der Waals surface area (Å²) >= 11 is 0. The van der Waals surface area contributed by atoms with Gasteiger partial charge in [-0.25, -0.2) is 4.98 Å². The highest BCUT2D eigenvalue weighted by molar-refractivity contribution is 5.91.